The van der Waals surface area contributed by atoms with E-state index in [2.05, 4.69) is 5.10 Å². The number of hydrogen-bond donors (Lipinski definition) is 0. The Balaban J connectivity index is 2.15. The van der Waals surface area contributed by atoms with Crippen LogP contribution in [0.2, 0.25) is 5.02 Å². The molecule has 114 valence electrons. The summed E-state index contributed by atoms with van der Waals surface area (Å²) in [6.07, 6.45) is 3.39. The Morgan fingerprint density at radius 3 is 2.43 bits per heavy atom. The van der Waals surface area contributed by atoms with Gasteiger partial charge in [-0.15, -0.1) is 0 Å². The van der Waals surface area contributed by atoms with E-state index in [-0.39, 0.29) is 17.0 Å². The standard InChI is InChI=1S/C15H19ClN2O2S/c1-15(2,3)18-9-12(8-17-18)10-21(19,20)11-13-6-4-5-7-14(13)16/h4-9H,10-11H2,1-3H3. The van der Waals surface area contributed by atoms with Crippen LogP contribution in [0.4, 0.5) is 0 Å². The zero-order chi connectivity index (χ0) is 15.7. The fourth-order valence-corrected chi connectivity index (χ4v) is 3.73. The Kier molecular flexibility index (Phi) is 4.44. The molecule has 1 aromatic heterocycles. The zero-order valence-electron chi connectivity index (χ0n) is 12.4. The molecule has 0 saturated heterocycles. The van der Waals surface area contributed by atoms with E-state index in [4.69, 9.17) is 11.6 Å². The molecule has 0 atom stereocenters. The fourth-order valence-electron chi connectivity index (χ4n) is 1.96. The summed E-state index contributed by atoms with van der Waals surface area (Å²) in [5.74, 6) is -0.0956. The van der Waals surface area contributed by atoms with Gasteiger partial charge in [0.2, 0.25) is 0 Å². The third-order valence-corrected chi connectivity index (χ3v) is 4.94. The van der Waals surface area contributed by atoms with Gasteiger partial charge in [-0.25, -0.2) is 8.42 Å². The third kappa shape index (κ3) is 4.32. The topological polar surface area (TPSA) is 52.0 Å². The molecule has 0 radical (unpaired) electrons. The van der Waals surface area contributed by atoms with Gasteiger partial charge in [-0.2, -0.15) is 5.10 Å². The van der Waals surface area contributed by atoms with Crippen molar-refractivity contribution in [2.24, 2.45) is 0 Å². The lowest BCUT2D eigenvalue weighted by molar-refractivity contribution is 0.355. The molecule has 2 rings (SSSR count). The zero-order valence-corrected chi connectivity index (χ0v) is 13.9. The van der Waals surface area contributed by atoms with Crippen molar-refractivity contribution in [3.05, 3.63) is 52.8 Å². The summed E-state index contributed by atoms with van der Waals surface area (Å²) in [5.41, 5.74) is 1.16. The molecule has 21 heavy (non-hydrogen) atoms. The van der Waals surface area contributed by atoms with E-state index in [1.54, 1.807) is 41.3 Å². The highest BCUT2D eigenvalue weighted by molar-refractivity contribution is 7.89. The Morgan fingerprint density at radius 1 is 1.19 bits per heavy atom. The van der Waals surface area contributed by atoms with Crippen molar-refractivity contribution in [1.29, 1.82) is 0 Å². The summed E-state index contributed by atoms with van der Waals surface area (Å²) in [6.45, 7) is 6.05. The monoisotopic (exact) mass is 326 g/mol. The van der Waals surface area contributed by atoms with Gasteiger partial charge in [0.1, 0.15) is 0 Å². The average molecular weight is 327 g/mol. The van der Waals surface area contributed by atoms with E-state index in [0.29, 0.717) is 16.1 Å². The van der Waals surface area contributed by atoms with Crippen LogP contribution in [-0.4, -0.2) is 18.2 Å². The molecule has 6 heteroatoms. The molecule has 0 aliphatic rings. The Bertz CT molecular complexity index is 730. The van der Waals surface area contributed by atoms with Crippen molar-refractivity contribution in [2.45, 2.75) is 37.8 Å². The smallest absolute Gasteiger partial charge is 0.158 e. The molecule has 0 saturated carbocycles. The molecule has 1 aromatic carbocycles. The molecule has 0 spiro atoms. The maximum absolute atomic E-state index is 12.3. The van der Waals surface area contributed by atoms with Crippen molar-refractivity contribution in [1.82, 2.24) is 9.78 Å². The van der Waals surface area contributed by atoms with Crippen LogP contribution in [0.1, 0.15) is 31.9 Å². The number of sulfone groups is 1. The molecule has 0 N–H and O–H groups in total. The van der Waals surface area contributed by atoms with Gasteiger partial charge in [-0.3, -0.25) is 4.68 Å². The highest BCUT2D eigenvalue weighted by Crippen LogP contribution is 2.20. The van der Waals surface area contributed by atoms with Crippen molar-refractivity contribution in [3.63, 3.8) is 0 Å². The molecule has 2 aromatic rings. The minimum absolute atomic E-state index is 0.0334. The lowest BCUT2D eigenvalue weighted by Gasteiger charge is -2.18. The molecule has 1 heterocycles. The minimum atomic E-state index is -3.28. The first-order valence-electron chi connectivity index (χ1n) is 6.65. The maximum Gasteiger partial charge on any atom is 0.158 e. The normalized spacial score (nSPS) is 12.6. The Morgan fingerprint density at radius 2 is 1.86 bits per heavy atom. The molecule has 0 aliphatic carbocycles. The molecule has 4 nitrogen and oxygen atoms in total. The second-order valence-electron chi connectivity index (χ2n) is 6.09. The van der Waals surface area contributed by atoms with Gasteiger partial charge in [-0.1, -0.05) is 29.8 Å². The SMILES string of the molecule is CC(C)(C)n1cc(CS(=O)(=O)Cc2ccccc2Cl)cn1. The summed E-state index contributed by atoms with van der Waals surface area (Å²) in [6, 6.07) is 7.00. The van der Waals surface area contributed by atoms with Crippen molar-refractivity contribution in [3.8, 4) is 0 Å². The Labute approximate surface area is 130 Å². The first-order chi connectivity index (χ1) is 9.67. The largest absolute Gasteiger partial charge is 0.267 e. The van der Waals surface area contributed by atoms with Crippen LogP contribution in [0.15, 0.2) is 36.7 Å². The summed E-state index contributed by atoms with van der Waals surface area (Å²) in [7, 11) is -3.28. The molecular weight excluding hydrogens is 308 g/mol. The highest BCUT2D eigenvalue weighted by Gasteiger charge is 2.19. The number of aromatic nitrogens is 2. The Hall–Kier alpha value is -1.33. The van der Waals surface area contributed by atoms with Gasteiger partial charge in [-0.05, 0) is 32.4 Å². The second kappa shape index (κ2) is 5.81. The van der Waals surface area contributed by atoms with Crippen molar-refractivity contribution in [2.75, 3.05) is 0 Å². The quantitative estimate of drug-likeness (QED) is 0.865. The molecule has 0 amide bonds. The number of rotatable bonds is 4. The number of halogens is 1. The van der Waals surface area contributed by atoms with E-state index in [1.165, 1.54) is 0 Å². The maximum atomic E-state index is 12.3. The van der Waals surface area contributed by atoms with Gasteiger partial charge >= 0.3 is 0 Å². The molecule has 0 bridgehead atoms. The first-order valence-corrected chi connectivity index (χ1v) is 8.85. The predicted molar refractivity (Wildman–Crippen MR) is 85.0 cm³/mol. The minimum Gasteiger partial charge on any atom is -0.267 e. The number of nitrogens with zero attached hydrogens (tertiary/aromatic N) is 2. The number of benzene rings is 1. The molecule has 0 fully saturated rings. The predicted octanol–water partition coefficient (Wildman–Crippen LogP) is 3.41. The van der Waals surface area contributed by atoms with E-state index in [0.717, 1.165) is 0 Å². The summed E-state index contributed by atoms with van der Waals surface area (Å²) < 4.78 is 26.3. The molecule has 0 aliphatic heterocycles. The second-order valence-corrected chi connectivity index (χ2v) is 8.56. The van der Waals surface area contributed by atoms with Crippen LogP contribution >= 0.6 is 11.6 Å². The first kappa shape index (κ1) is 16.0. The third-order valence-electron chi connectivity index (χ3n) is 3.04. The molecule has 0 unspecified atom stereocenters. The van der Waals surface area contributed by atoms with E-state index in [1.807, 2.05) is 20.8 Å². The van der Waals surface area contributed by atoms with E-state index < -0.39 is 9.84 Å². The fraction of sp³-hybridized carbons (Fsp3) is 0.400. The van der Waals surface area contributed by atoms with Crippen LogP contribution in [0.5, 0.6) is 0 Å². The van der Waals surface area contributed by atoms with E-state index >= 15 is 0 Å². The van der Waals surface area contributed by atoms with Crippen LogP contribution < -0.4 is 0 Å². The van der Waals surface area contributed by atoms with Crippen molar-refractivity contribution < 1.29 is 8.42 Å². The van der Waals surface area contributed by atoms with E-state index in [9.17, 15) is 8.42 Å². The van der Waals surface area contributed by atoms with Gasteiger partial charge in [0, 0.05) is 16.8 Å². The average Bonchev–Trinajstić information content (AvgIpc) is 2.79. The van der Waals surface area contributed by atoms with Crippen LogP contribution in [0.3, 0.4) is 0 Å². The van der Waals surface area contributed by atoms with Gasteiger partial charge in [0.05, 0.1) is 23.2 Å². The lowest BCUT2D eigenvalue weighted by Crippen LogP contribution is -2.22. The van der Waals surface area contributed by atoms with Gasteiger partial charge in [0.15, 0.2) is 9.84 Å². The number of hydrogen-bond acceptors (Lipinski definition) is 3. The van der Waals surface area contributed by atoms with Crippen LogP contribution in [0.25, 0.3) is 0 Å². The highest BCUT2D eigenvalue weighted by atomic mass is 35.5. The summed E-state index contributed by atoms with van der Waals surface area (Å²) >= 11 is 6.02. The van der Waals surface area contributed by atoms with Crippen molar-refractivity contribution >= 4 is 21.4 Å². The van der Waals surface area contributed by atoms with Gasteiger partial charge < -0.3 is 0 Å². The van der Waals surface area contributed by atoms with Crippen LogP contribution in [-0.2, 0) is 26.9 Å². The summed E-state index contributed by atoms with van der Waals surface area (Å²) in [4.78, 5) is 0. The lowest BCUT2D eigenvalue weighted by atomic mass is 10.1. The van der Waals surface area contributed by atoms with Gasteiger partial charge in [0.25, 0.3) is 0 Å². The molecular formula is C15H19ClN2O2S. The van der Waals surface area contributed by atoms with Crippen LogP contribution in [0, 0.1) is 0 Å². The summed E-state index contributed by atoms with van der Waals surface area (Å²) in [5, 5.41) is 4.70.